The molecule has 1 aliphatic rings. The summed E-state index contributed by atoms with van der Waals surface area (Å²) in [6.07, 6.45) is -7.74. The van der Waals surface area contributed by atoms with Gasteiger partial charge in [0, 0.05) is 0 Å². The molecule has 1 fully saturated rings. The first kappa shape index (κ1) is 14.3. The van der Waals surface area contributed by atoms with E-state index in [1.807, 2.05) is 0 Å². The maximum atomic E-state index is 10.8. The van der Waals surface area contributed by atoms with Crippen molar-refractivity contribution in [3.63, 3.8) is 0 Å². The van der Waals surface area contributed by atoms with Crippen LogP contribution in [0.15, 0.2) is 0 Å². The lowest BCUT2D eigenvalue weighted by atomic mass is 9.98. The van der Waals surface area contributed by atoms with Crippen LogP contribution in [-0.4, -0.2) is 62.7 Å². The molecule has 0 radical (unpaired) electrons. The van der Waals surface area contributed by atoms with E-state index in [0.717, 1.165) is 0 Å². The lowest BCUT2D eigenvalue weighted by molar-refractivity contribution is -0.314. The number of aliphatic hydroxyl groups excluding tert-OH is 3. The molecule has 0 aliphatic carbocycles. The highest BCUT2D eigenvalue weighted by Gasteiger charge is 2.48. The Kier molecular flexibility index (Phi) is 4.11. The van der Waals surface area contributed by atoms with Crippen molar-refractivity contribution >= 4 is 5.97 Å². The van der Waals surface area contributed by atoms with Crippen LogP contribution < -0.4 is 0 Å². The Morgan fingerprint density at radius 2 is 1.65 bits per heavy atom. The van der Waals surface area contributed by atoms with Gasteiger partial charge in [0.2, 0.25) is 0 Å². The van der Waals surface area contributed by atoms with Crippen LogP contribution in [0.3, 0.4) is 0 Å². The molecule has 0 bridgehead atoms. The number of carboxylic acid groups (broad SMARTS) is 1. The van der Waals surface area contributed by atoms with Gasteiger partial charge < -0.3 is 29.9 Å². The molecule has 1 unspecified atom stereocenters. The van der Waals surface area contributed by atoms with Gasteiger partial charge in [-0.2, -0.15) is 0 Å². The number of carboxylic acids is 1. The SMILES string of the molecule is CC(C)(C)OC1O[C@H](C(=O)O)[C@@H](O)[C@H](O)[C@H]1O. The van der Waals surface area contributed by atoms with Crippen LogP contribution in [0.5, 0.6) is 0 Å². The third-order valence-electron chi connectivity index (χ3n) is 2.28. The zero-order valence-corrected chi connectivity index (χ0v) is 9.90. The fourth-order valence-corrected chi connectivity index (χ4v) is 1.50. The molecule has 1 heterocycles. The van der Waals surface area contributed by atoms with E-state index >= 15 is 0 Å². The zero-order chi connectivity index (χ0) is 13.4. The molecule has 100 valence electrons. The van der Waals surface area contributed by atoms with Crippen LogP contribution in [0.1, 0.15) is 20.8 Å². The lowest BCUT2D eigenvalue weighted by Gasteiger charge is -2.40. The van der Waals surface area contributed by atoms with Crippen LogP contribution >= 0.6 is 0 Å². The largest absolute Gasteiger partial charge is 0.479 e. The summed E-state index contributed by atoms with van der Waals surface area (Å²) in [6.45, 7) is 5.07. The summed E-state index contributed by atoms with van der Waals surface area (Å²) in [6, 6.07) is 0. The summed E-state index contributed by atoms with van der Waals surface area (Å²) in [5, 5.41) is 37.3. The van der Waals surface area contributed by atoms with Gasteiger partial charge >= 0.3 is 5.97 Å². The Bertz CT molecular complexity index is 285. The van der Waals surface area contributed by atoms with Crippen molar-refractivity contribution in [1.29, 1.82) is 0 Å². The number of hydrogen-bond acceptors (Lipinski definition) is 6. The first-order valence-corrected chi connectivity index (χ1v) is 5.24. The zero-order valence-electron chi connectivity index (χ0n) is 9.90. The molecule has 4 N–H and O–H groups in total. The molecule has 17 heavy (non-hydrogen) atoms. The van der Waals surface area contributed by atoms with Crippen LogP contribution in [0, 0.1) is 0 Å². The summed E-state index contributed by atoms with van der Waals surface area (Å²) < 4.78 is 10.2. The monoisotopic (exact) mass is 250 g/mol. The maximum absolute atomic E-state index is 10.8. The van der Waals surface area contributed by atoms with E-state index in [9.17, 15) is 20.1 Å². The fourth-order valence-electron chi connectivity index (χ4n) is 1.50. The molecule has 0 aromatic heterocycles. The predicted molar refractivity (Wildman–Crippen MR) is 55.2 cm³/mol. The Balaban J connectivity index is 2.82. The standard InChI is InChI=1S/C10H18O7/c1-10(2,3)17-9-6(13)4(11)5(12)7(16-9)8(14)15/h4-7,9,11-13H,1-3H3,(H,14,15)/t4-,5-,6+,7-,9?/m0/s1. The molecule has 0 amide bonds. The number of aliphatic hydroxyl groups is 3. The van der Waals surface area contributed by atoms with Crippen molar-refractivity contribution in [1.82, 2.24) is 0 Å². The van der Waals surface area contributed by atoms with E-state index in [4.69, 9.17) is 14.6 Å². The molecule has 0 spiro atoms. The molecule has 1 aliphatic heterocycles. The van der Waals surface area contributed by atoms with Gasteiger partial charge in [0.15, 0.2) is 12.4 Å². The molecule has 1 rings (SSSR count). The van der Waals surface area contributed by atoms with E-state index in [1.165, 1.54) is 0 Å². The molecule has 0 saturated carbocycles. The van der Waals surface area contributed by atoms with Gasteiger partial charge in [0.25, 0.3) is 0 Å². The highest BCUT2D eigenvalue weighted by Crippen LogP contribution is 2.25. The summed E-state index contributed by atoms with van der Waals surface area (Å²) in [5.74, 6) is -1.43. The second-order valence-electron chi connectivity index (χ2n) is 4.97. The minimum atomic E-state index is -1.69. The van der Waals surface area contributed by atoms with Gasteiger partial charge in [-0.3, -0.25) is 0 Å². The third kappa shape index (κ3) is 3.36. The summed E-state index contributed by atoms with van der Waals surface area (Å²) in [7, 11) is 0. The van der Waals surface area contributed by atoms with E-state index in [1.54, 1.807) is 20.8 Å². The molecule has 1 saturated heterocycles. The first-order valence-electron chi connectivity index (χ1n) is 5.24. The van der Waals surface area contributed by atoms with Gasteiger partial charge in [-0.05, 0) is 20.8 Å². The van der Waals surface area contributed by atoms with Crippen molar-refractivity contribution in [2.75, 3.05) is 0 Å². The fraction of sp³-hybridized carbons (Fsp3) is 0.900. The molecular formula is C10H18O7. The van der Waals surface area contributed by atoms with E-state index < -0.39 is 42.3 Å². The predicted octanol–water partition coefficient (Wildman–Crippen LogP) is -1.31. The highest BCUT2D eigenvalue weighted by molar-refractivity contribution is 5.73. The first-order chi connectivity index (χ1) is 7.63. The van der Waals surface area contributed by atoms with Crippen molar-refractivity contribution in [3.05, 3.63) is 0 Å². The van der Waals surface area contributed by atoms with Crippen LogP contribution in [0.25, 0.3) is 0 Å². The average molecular weight is 250 g/mol. The second kappa shape index (κ2) is 4.87. The Morgan fingerprint density at radius 3 is 2.06 bits per heavy atom. The van der Waals surface area contributed by atoms with Gasteiger partial charge in [-0.1, -0.05) is 0 Å². The number of hydrogen-bond donors (Lipinski definition) is 4. The summed E-state index contributed by atoms with van der Waals surface area (Å²) in [5.41, 5.74) is -0.684. The van der Waals surface area contributed by atoms with Crippen LogP contribution in [0.4, 0.5) is 0 Å². The highest BCUT2D eigenvalue weighted by atomic mass is 16.7. The number of carbonyl (C=O) groups is 1. The minimum absolute atomic E-state index is 0.684. The number of rotatable bonds is 2. The van der Waals surface area contributed by atoms with Crippen molar-refractivity contribution in [2.45, 2.75) is 57.1 Å². The Labute approximate surface area is 98.6 Å². The molecule has 0 aromatic carbocycles. The van der Waals surface area contributed by atoms with E-state index in [0.29, 0.717) is 0 Å². The summed E-state index contributed by atoms with van der Waals surface area (Å²) in [4.78, 5) is 10.8. The normalized spacial score (nSPS) is 39.1. The van der Waals surface area contributed by atoms with E-state index in [-0.39, 0.29) is 0 Å². The number of ether oxygens (including phenoxy) is 2. The Morgan fingerprint density at radius 1 is 1.12 bits per heavy atom. The average Bonchev–Trinajstić information content (AvgIpc) is 2.16. The van der Waals surface area contributed by atoms with Crippen LogP contribution in [0.2, 0.25) is 0 Å². The van der Waals surface area contributed by atoms with Gasteiger partial charge in [0.1, 0.15) is 18.3 Å². The van der Waals surface area contributed by atoms with E-state index in [2.05, 4.69) is 0 Å². The quantitative estimate of drug-likeness (QED) is 0.481. The smallest absolute Gasteiger partial charge is 0.335 e. The molecule has 0 aromatic rings. The van der Waals surface area contributed by atoms with Crippen molar-refractivity contribution in [2.24, 2.45) is 0 Å². The second-order valence-corrected chi connectivity index (χ2v) is 4.97. The Hall–Kier alpha value is -0.730. The third-order valence-corrected chi connectivity index (χ3v) is 2.28. The van der Waals surface area contributed by atoms with Gasteiger partial charge in [-0.15, -0.1) is 0 Å². The van der Waals surface area contributed by atoms with Gasteiger partial charge in [0.05, 0.1) is 5.60 Å². The maximum Gasteiger partial charge on any atom is 0.335 e. The van der Waals surface area contributed by atoms with Gasteiger partial charge in [-0.25, -0.2) is 4.79 Å². The minimum Gasteiger partial charge on any atom is -0.479 e. The molecular weight excluding hydrogens is 232 g/mol. The van der Waals surface area contributed by atoms with Crippen molar-refractivity contribution in [3.8, 4) is 0 Å². The number of aliphatic carboxylic acids is 1. The lowest BCUT2D eigenvalue weighted by Crippen LogP contribution is -2.61. The van der Waals surface area contributed by atoms with Crippen molar-refractivity contribution < 1.29 is 34.7 Å². The molecule has 7 nitrogen and oxygen atoms in total. The molecule has 7 heteroatoms. The molecule has 5 atom stereocenters. The van der Waals surface area contributed by atoms with Crippen LogP contribution in [-0.2, 0) is 14.3 Å². The topological polar surface area (TPSA) is 116 Å². The summed E-state index contributed by atoms with van der Waals surface area (Å²) >= 11 is 0.